The Hall–Kier alpha value is 0. The van der Waals surface area contributed by atoms with Gasteiger partial charge in [0.15, 0.2) is 0 Å². The molecule has 1 rings (SSSR count). The molecule has 0 N–H and O–H groups in total. The van der Waals surface area contributed by atoms with Gasteiger partial charge in [-0.3, -0.25) is 0 Å². The van der Waals surface area contributed by atoms with Gasteiger partial charge in [-0.2, -0.15) is 0 Å². The predicted molar refractivity (Wildman–Crippen MR) is 211 cm³/mol. The zero-order valence-corrected chi connectivity index (χ0v) is 37.4. The SMILES string of the molecule is CC[C@](C)(C(C)(C)C(C)(C)C)[C@@]1(C)C(C)(C)C(C)(C)[C@]1(C(C)(C)C)C(C)(C)[C@H](C)[C@@H](C)[C@H](C)[C@@H](C)[C@H](C)[C@@H](C)[C@H](C)[C@@H](C)C(C)C. The van der Waals surface area contributed by atoms with Crippen LogP contribution in [0, 0.1) is 102 Å². The summed E-state index contributed by atoms with van der Waals surface area (Å²) in [6.07, 6.45) is 1.20. The third-order valence-electron chi connectivity index (χ3n) is 19.6. The number of rotatable bonds is 13. The standard InChI is InChI=1S/C46H92/c1-28-44(26,41(20,21)38(12,13)14)45(27)42(22,23)43(24,25)46(45,39(15,16)17)40(18,19)37(11)36(10)35(9)34(8)33(7)32(6)31(5)30(4)29(2)3/h29-37H,28H2,1-27H3/t30-,31+,32-,33+,34-,35+,36-,37+,44+,45+,46-/m0/s1. The summed E-state index contributed by atoms with van der Waals surface area (Å²) in [7, 11) is 0. The van der Waals surface area contributed by atoms with Gasteiger partial charge in [0.05, 0.1) is 0 Å². The summed E-state index contributed by atoms with van der Waals surface area (Å²) in [6, 6.07) is 0. The molecule has 0 aromatic carbocycles. The van der Waals surface area contributed by atoms with Crippen molar-refractivity contribution in [1.29, 1.82) is 0 Å². The van der Waals surface area contributed by atoms with Crippen molar-refractivity contribution >= 4 is 0 Å². The highest BCUT2D eigenvalue weighted by Gasteiger charge is 2.88. The second-order valence-electron chi connectivity index (χ2n) is 22.7. The van der Waals surface area contributed by atoms with E-state index in [0.29, 0.717) is 29.6 Å². The minimum absolute atomic E-state index is 0.0908. The van der Waals surface area contributed by atoms with Crippen LogP contribution in [0.4, 0.5) is 0 Å². The lowest BCUT2D eigenvalue weighted by molar-refractivity contribution is -0.447. The van der Waals surface area contributed by atoms with Crippen LogP contribution in [-0.4, -0.2) is 0 Å². The lowest BCUT2D eigenvalue weighted by Crippen LogP contribution is -2.87. The van der Waals surface area contributed by atoms with Crippen molar-refractivity contribution in [1.82, 2.24) is 0 Å². The Morgan fingerprint density at radius 2 is 0.783 bits per heavy atom. The van der Waals surface area contributed by atoms with E-state index in [4.69, 9.17) is 0 Å². The summed E-state index contributed by atoms with van der Waals surface area (Å²) in [6.45, 7) is 70.2. The van der Waals surface area contributed by atoms with Crippen LogP contribution in [0.3, 0.4) is 0 Å². The Labute approximate surface area is 294 Å². The molecule has 0 saturated heterocycles. The van der Waals surface area contributed by atoms with Crippen LogP contribution in [0.5, 0.6) is 0 Å². The van der Waals surface area contributed by atoms with E-state index in [-0.39, 0.29) is 48.7 Å². The van der Waals surface area contributed by atoms with Crippen LogP contribution >= 0.6 is 0 Å². The molecule has 276 valence electrons. The molecular weight excluding hydrogens is 553 g/mol. The van der Waals surface area contributed by atoms with Crippen molar-refractivity contribution in [3.8, 4) is 0 Å². The molecule has 46 heavy (non-hydrogen) atoms. The molecule has 0 bridgehead atoms. The fourth-order valence-corrected chi connectivity index (χ4v) is 14.0. The molecule has 0 nitrogen and oxygen atoms in total. The summed E-state index contributed by atoms with van der Waals surface area (Å²) in [4.78, 5) is 0. The van der Waals surface area contributed by atoms with Crippen LogP contribution in [0.1, 0.15) is 193 Å². The molecule has 0 aliphatic heterocycles. The van der Waals surface area contributed by atoms with E-state index in [1.807, 2.05) is 0 Å². The molecule has 0 heterocycles. The second kappa shape index (κ2) is 13.0. The Morgan fingerprint density at radius 3 is 1.07 bits per heavy atom. The largest absolute Gasteiger partial charge is 0.0648 e. The Kier molecular flexibility index (Phi) is 12.4. The smallest absolute Gasteiger partial charge is 0.00740 e. The summed E-state index contributed by atoms with van der Waals surface area (Å²) >= 11 is 0. The molecule has 1 aliphatic carbocycles. The van der Waals surface area contributed by atoms with E-state index in [1.165, 1.54) is 6.42 Å². The van der Waals surface area contributed by atoms with Gasteiger partial charge >= 0.3 is 0 Å². The minimum Gasteiger partial charge on any atom is -0.0648 e. The van der Waals surface area contributed by atoms with Crippen molar-refractivity contribution in [2.24, 2.45) is 102 Å². The van der Waals surface area contributed by atoms with Crippen LogP contribution in [0.15, 0.2) is 0 Å². The Bertz CT molecular complexity index is 1010. The topological polar surface area (TPSA) is 0 Å². The highest BCUT2D eigenvalue weighted by molar-refractivity contribution is 5.35. The molecule has 0 spiro atoms. The van der Waals surface area contributed by atoms with Crippen molar-refractivity contribution in [3.05, 3.63) is 0 Å². The van der Waals surface area contributed by atoms with Gasteiger partial charge < -0.3 is 0 Å². The van der Waals surface area contributed by atoms with E-state index in [0.717, 1.165) is 23.7 Å². The monoisotopic (exact) mass is 645 g/mol. The fraction of sp³-hybridized carbons (Fsp3) is 1.00. The van der Waals surface area contributed by atoms with Crippen LogP contribution in [0.2, 0.25) is 0 Å². The third-order valence-corrected chi connectivity index (χ3v) is 19.6. The van der Waals surface area contributed by atoms with Crippen LogP contribution in [-0.2, 0) is 0 Å². The average molecular weight is 645 g/mol. The van der Waals surface area contributed by atoms with Crippen molar-refractivity contribution in [2.45, 2.75) is 193 Å². The van der Waals surface area contributed by atoms with E-state index < -0.39 is 0 Å². The summed E-state index contributed by atoms with van der Waals surface area (Å²) in [5.41, 5.74) is 1.15. The van der Waals surface area contributed by atoms with Gasteiger partial charge in [-0.25, -0.2) is 0 Å². The molecule has 0 aromatic heterocycles. The normalized spacial score (nSPS) is 30.8. The lowest BCUT2D eigenvalue weighted by atomic mass is 9.12. The summed E-state index contributed by atoms with van der Waals surface area (Å²) < 4.78 is 0. The first-order valence-corrected chi connectivity index (χ1v) is 20.0. The minimum atomic E-state index is 0.0908. The quantitative estimate of drug-likeness (QED) is 0.187. The first-order valence-electron chi connectivity index (χ1n) is 20.0. The van der Waals surface area contributed by atoms with Gasteiger partial charge in [-0.15, -0.1) is 0 Å². The number of hydrogen-bond acceptors (Lipinski definition) is 0. The molecule has 11 atom stereocenters. The molecule has 0 amide bonds. The van der Waals surface area contributed by atoms with E-state index in [2.05, 4.69) is 187 Å². The molecule has 0 heteroatoms. The lowest BCUT2D eigenvalue weighted by Gasteiger charge is -2.91. The van der Waals surface area contributed by atoms with E-state index in [1.54, 1.807) is 0 Å². The first-order chi connectivity index (χ1) is 20.0. The number of hydrogen-bond donors (Lipinski definition) is 0. The molecule has 0 aromatic rings. The van der Waals surface area contributed by atoms with E-state index >= 15 is 0 Å². The highest BCUT2D eigenvalue weighted by Crippen LogP contribution is 2.93. The third kappa shape index (κ3) is 5.47. The fourth-order valence-electron chi connectivity index (χ4n) is 14.0. The maximum Gasteiger partial charge on any atom is -0.00740 e. The zero-order valence-electron chi connectivity index (χ0n) is 37.4. The van der Waals surface area contributed by atoms with E-state index in [9.17, 15) is 0 Å². The van der Waals surface area contributed by atoms with Gasteiger partial charge in [-0.05, 0) is 108 Å². The Morgan fingerprint density at radius 1 is 0.457 bits per heavy atom. The Balaban J connectivity index is 3.98. The van der Waals surface area contributed by atoms with Crippen molar-refractivity contribution < 1.29 is 0 Å². The maximum atomic E-state index is 2.78. The molecule has 1 saturated carbocycles. The molecule has 1 aliphatic rings. The second-order valence-corrected chi connectivity index (χ2v) is 22.7. The van der Waals surface area contributed by atoms with Crippen LogP contribution < -0.4 is 0 Å². The predicted octanol–water partition coefficient (Wildman–Crippen LogP) is 15.4. The molecule has 0 radical (unpaired) electrons. The average Bonchev–Trinajstić information content (AvgIpc) is 2.90. The molecule has 1 fully saturated rings. The van der Waals surface area contributed by atoms with Gasteiger partial charge in [0.2, 0.25) is 0 Å². The van der Waals surface area contributed by atoms with Crippen molar-refractivity contribution in [2.75, 3.05) is 0 Å². The van der Waals surface area contributed by atoms with Crippen LogP contribution in [0.25, 0.3) is 0 Å². The molecule has 0 unspecified atom stereocenters. The molecular formula is C46H92. The summed E-state index contributed by atoms with van der Waals surface area (Å²) in [5.74, 6) is 6.24. The van der Waals surface area contributed by atoms with Gasteiger partial charge in [0, 0.05) is 0 Å². The highest BCUT2D eigenvalue weighted by atomic mass is 14.9. The van der Waals surface area contributed by atoms with Gasteiger partial charge in [0.1, 0.15) is 0 Å². The van der Waals surface area contributed by atoms with Crippen molar-refractivity contribution in [3.63, 3.8) is 0 Å². The van der Waals surface area contributed by atoms with Gasteiger partial charge in [0.25, 0.3) is 0 Å². The first kappa shape index (κ1) is 44.0. The van der Waals surface area contributed by atoms with Gasteiger partial charge in [-0.1, -0.05) is 187 Å². The zero-order chi connectivity index (χ0) is 37.4. The summed E-state index contributed by atoms with van der Waals surface area (Å²) in [5, 5.41) is 0. The maximum absolute atomic E-state index is 2.78.